The topological polar surface area (TPSA) is 63.4 Å². The zero-order valence-electron chi connectivity index (χ0n) is 11.8. The average molecular weight is 294 g/mol. The first-order valence-corrected chi connectivity index (χ1v) is 9.00. The fraction of sp³-hybridized carbons (Fsp3) is 0.600. The molecule has 3 unspecified atom stereocenters. The Balaban J connectivity index is 1.77. The van der Waals surface area contributed by atoms with Crippen LogP contribution in [0.5, 0.6) is 0 Å². The quantitative estimate of drug-likeness (QED) is 0.921. The van der Waals surface area contributed by atoms with Gasteiger partial charge in [-0.05, 0) is 48.9 Å². The lowest BCUT2D eigenvalue weighted by Gasteiger charge is -2.21. The second kappa shape index (κ2) is 5.04. The van der Waals surface area contributed by atoms with Crippen molar-refractivity contribution in [2.24, 2.45) is 17.6 Å². The Morgan fingerprint density at radius 2 is 1.90 bits per heavy atom. The van der Waals surface area contributed by atoms with E-state index in [0.717, 1.165) is 25.2 Å². The van der Waals surface area contributed by atoms with Gasteiger partial charge < -0.3 is 10.6 Å². The van der Waals surface area contributed by atoms with Gasteiger partial charge in [0, 0.05) is 24.8 Å². The van der Waals surface area contributed by atoms with Gasteiger partial charge in [0.1, 0.15) is 0 Å². The molecule has 5 heteroatoms. The zero-order chi connectivity index (χ0) is 14.3. The lowest BCUT2D eigenvalue weighted by atomic mass is 9.98. The number of hydrogen-bond acceptors (Lipinski definition) is 4. The molecule has 2 fully saturated rings. The molecule has 1 aromatic carbocycles. The van der Waals surface area contributed by atoms with Gasteiger partial charge in [-0.1, -0.05) is 6.92 Å². The van der Waals surface area contributed by atoms with E-state index in [-0.39, 0.29) is 5.75 Å². The molecule has 4 nitrogen and oxygen atoms in total. The van der Waals surface area contributed by atoms with Crippen LogP contribution in [0.3, 0.4) is 0 Å². The Labute approximate surface area is 120 Å². The fourth-order valence-electron chi connectivity index (χ4n) is 3.55. The van der Waals surface area contributed by atoms with Crippen molar-refractivity contribution < 1.29 is 8.42 Å². The molecule has 1 aromatic rings. The van der Waals surface area contributed by atoms with Gasteiger partial charge in [-0.2, -0.15) is 0 Å². The highest BCUT2D eigenvalue weighted by Crippen LogP contribution is 2.39. The highest BCUT2D eigenvalue weighted by molar-refractivity contribution is 7.91. The smallest absolute Gasteiger partial charge is 0.178 e. The van der Waals surface area contributed by atoms with E-state index < -0.39 is 9.84 Å². The summed E-state index contributed by atoms with van der Waals surface area (Å²) in [6.45, 7) is 3.73. The summed E-state index contributed by atoms with van der Waals surface area (Å²) < 4.78 is 23.6. The molecule has 2 aliphatic rings. The van der Waals surface area contributed by atoms with Gasteiger partial charge >= 0.3 is 0 Å². The van der Waals surface area contributed by atoms with Gasteiger partial charge in [-0.3, -0.25) is 0 Å². The molecule has 0 bridgehead atoms. The van der Waals surface area contributed by atoms with Gasteiger partial charge in [-0.25, -0.2) is 8.42 Å². The maximum atomic E-state index is 11.8. The van der Waals surface area contributed by atoms with Crippen molar-refractivity contribution in [2.45, 2.75) is 30.7 Å². The Hall–Kier alpha value is -1.07. The van der Waals surface area contributed by atoms with Crippen LogP contribution in [0.15, 0.2) is 29.2 Å². The highest BCUT2D eigenvalue weighted by atomic mass is 32.2. The molecule has 0 aromatic heterocycles. The Kier molecular flexibility index (Phi) is 3.50. The lowest BCUT2D eigenvalue weighted by molar-refractivity contribution is 0.453. The van der Waals surface area contributed by atoms with Gasteiger partial charge in [0.15, 0.2) is 9.84 Å². The molecular formula is C15H22N2O2S. The van der Waals surface area contributed by atoms with Gasteiger partial charge in [-0.15, -0.1) is 0 Å². The first kappa shape index (κ1) is 13.9. The molecule has 1 saturated carbocycles. The molecule has 2 N–H and O–H groups in total. The first-order valence-electron chi connectivity index (χ1n) is 7.34. The van der Waals surface area contributed by atoms with E-state index in [0.29, 0.717) is 22.8 Å². The Bertz CT molecular complexity index is 582. The average Bonchev–Trinajstić information content (AvgIpc) is 3.02. The number of nitrogens with two attached hydrogens (primary N) is 1. The molecule has 0 amide bonds. The van der Waals surface area contributed by atoms with Crippen LogP contribution in [-0.2, 0) is 9.84 Å². The molecule has 0 spiro atoms. The molecule has 3 atom stereocenters. The number of benzene rings is 1. The number of hydrogen-bond donors (Lipinski definition) is 1. The molecule has 20 heavy (non-hydrogen) atoms. The largest absolute Gasteiger partial charge is 0.371 e. The normalized spacial score (nSPS) is 29.7. The second-order valence-corrected chi connectivity index (χ2v) is 8.25. The summed E-state index contributed by atoms with van der Waals surface area (Å²) in [6, 6.07) is 7.64. The first-order chi connectivity index (χ1) is 9.51. The number of sulfone groups is 1. The maximum Gasteiger partial charge on any atom is 0.178 e. The third-order valence-electron chi connectivity index (χ3n) is 4.85. The van der Waals surface area contributed by atoms with Gasteiger partial charge in [0.25, 0.3) is 0 Å². The molecule has 1 saturated heterocycles. The van der Waals surface area contributed by atoms with Crippen LogP contribution in [0.25, 0.3) is 0 Å². The number of rotatable bonds is 3. The summed E-state index contributed by atoms with van der Waals surface area (Å²) in [4.78, 5) is 2.76. The minimum Gasteiger partial charge on any atom is -0.371 e. The Morgan fingerprint density at radius 1 is 1.20 bits per heavy atom. The van der Waals surface area contributed by atoms with Gasteiger partial charge in [0.2, 0.25) is 0 Å². The van der Waals surface area contributed by atoms with Crippen molar-refractivity contribution in [3.63, 3.8) is 0 Å². The van der Waals surface area contributed by atoms with Crippen LogP contribution < -0.4 is 10.6 Å². The van der Waals surface area contributed by atoms with Crippen LogP contribution in [0.2, 0.25) is 0 Å². The van der Waals surface area contributed by atoms with Crippen molar-refractivity contribution >= 4 is 15.5 Å². The molecule has 3 rings (SSSR count). The minimum absolute atomic E-state index is 0.148. The predicted molar refractivity (Wildman–Crippen MR) is 80.6 cm³/mol. The summed E-state index contributed by atoms with van der Waals surface area (Å²) in [5.41, 5.74) is 7.27. The lowest BCUT2D eigenvalue weighted by Crippen LogP contribution is -2.30. The molecular weight excluding hydrogens is 272 g/mol. The standard InChI is InChI=1S/C15H22N2O2S/c1-2-20(18,19)13-6-4-12(5-7-13)17-9-11-3-8-15(16)14(11)10-17/h4-7,11,14-15H,2-3,8-10,16H2,1H3. The van der Waals surface area contributed by atoms with Crippen molar-refractivity contribution in [3.05, 3.63) is 24.3 Å². The van der Waals surface area contributed by atoms with E-state index in [1.54, 1.807) is 19.1 Å². The van der Waals surface area contributed by atoms with Crippen molar-refractivity contribution in [1.29, 1.82) is 0 Å². The summed E-state index contributed by atoms with van der Waals surface area (Å²) >= 11 is 0. The third kappa shape index (κ3) is 2.33. The monoisotopic (exact) mass is 294 g/mol. The molecule has 110 valence electrons. The SMILES string of the molecule is CCS(=O)(=O)c1ccc(N2CC3CCC(N)C3C2)cc1. The van der Waals surface area contributed by atoms with Crippen LogP contribution in [0.1, 0.15) is 19.8 Å². The summed E-state index contributed by atoms with van der Waals surface area (Å²) in [5, 5.41) is 0. The molecule has 0 radical (unpaired) electrons. The summed E-state index contributed by atoms with van der Waals surface area (Å²) in [6.07, 6.45) is 2.38. The van der Waals surface area contributed by atoms with E-state index in [2.05, 4.69) is 4.90 Å². The number of anilines is 1. The minimum atomic E-state index is -3.10. The molecule has 1 aliphatic carbocycles. The maximum absolute atomic E-state index is 11.8. The van der Waals surface area contributed by atoms with E-state index in [9.17, 15) is 8.42 Å². The number of fused-ring (bicyclic) bond motifs is 1. The second-order valence-electron chi connectivity index (χ2n) is 5.97. The molecule has 1 heterocycles. The van der Waals surface area contributed by atoms with Crippen LogP contribution in [0.4, 0.5) is 5.69 Å². The van der Waals surface area contributed by atoms with Crippen molar-refractivity contribution in [3.8, 4) is 0 Å². The van der Waals surface area contributed by atoms with E-state index in [4.69, 9.17) is 5.73 Å². The predicted octanol–water partition coefficient (Wildman–Crippen LogP) is 1.65. The van der Waals surface area contributed by atoms with Crippen molar-refractivity contribution in [2.75, 3.05) is 23.7 Å². The summed E-state index contributed by atoms with van der Waals surface area (Å²) in [7, 11) is -3.10. The fourth-order valence-corrected chi connectivity index (χ4v) is 4.43. The van der Waals surface area contributed by atoms with Crippen LogP contribution in [-0.4, -0.2) is 33.3 Å². The highest BCUT2D eigenvalue weighted by Gasteiger charge is 2.40. The van der Waals surface area contributed by atoms with E-state index in [1.165, 1.54) is 6.42 Å². The zero-order valence-corrected chi connectivity index (χ0v) is 12.6. The van der Waals surface area contributed by atoms with Crippen LogP contribution >= 0.6 is 0 Å². The Morgan fingerprint density at radius 3 is 2.50 bits per heavy atom. The van der Waals surface area contributed by atoms with Crippen molar-refractivity contribution in [1.82, 2.24) is 0 Å². The molecule has 1 aliphatic heterocycles. The van der Waals surface area contributed by atoms with Crippen LogP contribution in [0, 0.1) is 11.8 Å². The van der Waals surface area contributed by atoms with Gasteiger partial charge in [0.05, 0.1) is 10.6 Å². The van der Waals surface area contributed by atoms with E-state index in [1.807, 2.05) is 12.1 Å². The third-order valence-corrected chi connectivity index (χ3v) is 6.60. The van der Waals surface area contributed by atoms with E-state index >= 15 is 0 Å². The number of nitrogens with zero attached hydrogens (tertiary/aromatic N) is 1. The summed E-state index contributed by atoms with van der Waals surface area (Å²) in [5.74, 6) is 1.47.